The van der Waals surface area contributed by atoms with E-state index in [0.717, 1.165) is 6.07 Å². The van der Waals surface area contributed by atoms with Crippen LogP contribution in [0, 0.1) is 0 Å². The lowest BCUT2D eigenvalue weighted by atomic mass is 10.1. The maximum atomic E-state index is 11.6. The van der Waals surface area contributed by atoms with E-state index in [2.05, 4.69) is 4.74 Å². The van der Waals surface area contributed by atoms with Gasteiger partial charge in [-0.05, 0) is 12.1 Å². The van der Waals surface area contributed by atoms with Gasteiger partial charge in [0.15, 0.2) is 17.3 Å². The van der Waals surface area contributed by atoms with Crippen LogP contribution in [-0.2, 0) is 9.53 Å². The van der Waals surface area contributed by atoms with Crippen LogP contribution in [0.5, 0.6) is 17.2 Å². The minimum absolute atomic E-state index is 0.0433. The van der Waals surface area contributed by atoms with Crippen LogP contribution in [0.3, 0.4) is 0 Å². The van der Waals surface area contributed by atoms with Crippen molar-refractivity contribution < 1.29 is 29.3 Å². The van der Waals surface area contributed by atoms with E-state index in [4.69, 9.17) is 4.74 Å². The average Bonchev–Trinajstić information content (AvgIpc) is 2.32. The molecule has 0 aliphatic heterocycles. The summed E-state index contributed by atoms with van der Waals surface area (Å²) in [5.41, 5.74) is 0.0579. The maximum Gasteiger partial charge on any atom is 0.313 e. The summed E-state index contributed by atoms with van der Waals surface area (Å²) in [6.45, 7) is 0. The van der Waals surface area contributed by atoms with Crippen molar-refractivity contribution in [1.29, 1.82) is 0 Å². The summed E-state index contributed by atoms with van der Waals surface area (Å²) < 4.78 is 9.12. The third kappa shape index (κ3) is 2.87. The Kier molecular flexibility index (Phi) is 3.92. The van der Waals surface area contributed by atoms with Gasteiger partial charge in [-0.15, -0.1) is 0 Å². The van der Waals surface area contributed by atoms with Gasteiger partial charge in [-0.1, -0.05) is 0 Å². The van der Waals surface area contributed by atoms with Crippen LogP contribution in [-0.4, -0.2) is 36.2 Å². The van der Waals surface area contributed by atoms with Gasteiger partial charge in [0.25, 0.3) is 0 Å². The number of carbonyl (C=O) groups is 2. The number of hydrogen-bond acceptors (Lipinski definition) is 6. The van der Waals surface area contributed by atoms with E-state index in [1.165, 1.54) is 20.3 Å². The molecule has 92 valence electrons. The van der Waals surface area contributed by atoms with Crippen LogP contribution >= 0.6 is 0 Å². The van der Waals surface area contributed by atoms with Gasteiger partial charge >= 0.3 is 5.97 Å². The summed E-state index contributed by atoms with van der Waals surface area (Å²) in [4.78, 5) is 22.5. The zero-order valence-corrected chi connectivity index (χ0v) is 9.39. The van der Waals surface area contributed by atoms with E-state index in [-0.39, 0.29) is 11.3 Å². The van der Waals surface area contributed by atoms with E-state index >= 15 is 0 Å². The van der Waals surface area contributed by atoms with Crippen LogP contribution in [0.15, 0.2) is 12.1 Å². The fraction of sp³-hybridized carbons (Fsp3) is 0.273. The zero-order valence-electron chi connectivity index (χ0n) is 9.39. The Morgan fingerprint density at radius 3 is 2.41 bits per heavy atom. The third-order valence-electron chi connectivity index (χ3n) is 2.13. The van der Waals surface area contributed by atoms with Crippen molar-refractivity contribution in [2.45, 2.75) is 6.42 Å². The number of ketones is 1. The third-order valence-corrected chi connectivity index (χ3v) is 2.13. The topological polar surface area (TPSA) is 93.1 Å². The Labute approximate surface area is 97.4 Å². The Bertz CT molecular complexity index is 452. The molecular weight excluding hydrogens is 228 g/mol. The second kappa shape index (κ2) is 5.20. The highest BCUT2D eigenvalue weighted by Gasteiger charge is 2.17. The van der Waals surface area contributed by atoms with Gasteiger partial charge in [0.1, 0.15) is 6.42 Å². The second-order valence-corrected chi connectivity index (χ2v) is 3.22. The Morgan fingerprint density at radius 2 is 1.88 bits per heavy atom. The van der Waals surface area contributed by atoms with Gasteiger partial charge in [-0.25, -0.2) is 0 Å². The molecule has 0 spiro atoms. The fourth-order valence-corrected chi connectivity index (χ4v) is 1.22. The standard InChI is InChI=1S/C11H12O6/c1-16-9-4-6(3-8(13)11(9)15)7(12)5-10(14)17-2/h3-4,13,15H,5H2,1-2H3. The molecule has 0 bridgehead atoms. The molecule has 0 saturated heterocycles. The minimum atomic E-state index is -0.679. The largest absolute Gasteiger partial charge is 0.504 e. The number of methoxy groups -OCH3 is 2. The molecule has 0 radical (unpaired) electrons. The van der Waals surface area contributed by atoms with Crippen LogP contribution < -0.4 is 4.74 Å². The molecule has 0 unspecified atom stereocenters. The zero-order chi connectivity index (χ0) is 13.0. The molecule has 0 heterocycles. The van der Waals surface area contributed by atoms with Crippen LogP contribution in [0.2, 0.25) is 0 Å². The molecule has 0 atom stereocenters. The molecule has 1 rings (SSSR count). The van der Waals surface area contributed by atoms with Crippen molar-refractivity contribution in [3.8, 4) is 17.2 Å². The first-order chi connectivity index (χ1) is 7.99. The van der Waals surface area contributed by atoms with Gasteiger partial charge in [0.05, 0.1) is 14.2 Å². The second-order valence-electron chi connectivity index (χ2n) is 3.22. The number of Topliss-reactive ketones (excluding diaryl/α,β-unsaturated/α-hetero) is 1. The van der Waals surface area contributed by atoms with Crippen molar-refractivity contribution in [2.24, 2.45) is 0 Å². The van der Waals surface area contributed by atoms with E-state index in [9.17, 15) is 19.8 Å². The summed E-state index contributed by atoms with van der Waals surface area (Å²) in [5, 5.41) is 18.7. The number of esters is 1. The number of aromatic hydroxyl groups is 2. The lowest BCUT2D eigenvalue weighted by Gasteiger charge is -2.07. The van der Waals surface area contributed by atoms with Crippen molar-refractivity contribution in [3.05, 3.63) is 17.7 Å². The first kappa shape index (κ1) is 12.8. The van der Waals surface area contributed by atoms with E-state index in [1.54, 1.807) is 0 Å². The smallest absolute Gasteiger partial charge is 0.313 e. The molecular formula is C11H12O6. The molecule has 0 saturated carbocycles. The van der Waals surface area contributed by atoms with Crippen molar-refractivity contribution in [1.82, 2.24) is 0 Å². The normalized spacial score (nSPS) is 9.76. The SMILES string of the molecule is COC(=O)CC(=O)c1cc(O)c(O)c(OC)c1. The molecule has 1 aromatic carbocycles. The van der Waals surface area contributed by atoms with E-state index < -0.39 is 29.7 Å². The number of benzene rings is 1. The van der Waals surface area contributed by atoms with E-state index in [1.807, 2.05) is 0 Å². The van der Waals surface area contributed by atoms with Gasteiger partial charge in [0, 0.05) is 5.56 Å². The van der Waals surface area contributed by atoms with Gasteiger partial charge in [-0.2, -0.15) is 0 Å². The number of phenols is 2. The summed E-state index contributed by atoms with van der Waals surface area (Å²) in [6.07, 6.45) is -0.441. The Balaban J connectivity index is 3.03. The molecule has 6 nitrogen and oxygen atoms in total. The van der Waals surface area contributed by atoms with Crippen molar-refractivity contribution in [2.75, 3.05) is 14.2 Å². The van der Waals surface area contributed by atoms with Gasteiger partial charge < -0.3 is 19.7 Å². The molecule has 6 heteroatoms. The molecule has 0 aliphatic rings. The molecule has 0 aliphatic carbocycles. The summed E-state index contributed by atoms with van der Waals surface area (Å²) in [7, 11) is 2.45. The first-order valence-electron chi connectivity index (χ1n) is 4.69. The molecule has 0 amide bonds. The number of hydrogen-bond donors (Lipinski definition) is 2. The average molecular weight is 240 g/mol. The molecule has 0 fully saturated rings. The quantitative estimate of drug-likeness (QED) is 0.351. The molecule has 1 aromatic rings. The van der Waals surface area contributed by atoms with Crippen molar-refractivity contribution in [3.63, 3.8) is 0 Å². The predicted octanol–water partition coefficient (Wildman–Crippen LogP) is 0.852. The summed E-state index contributed by atoms with van der Waals surface area (Å²) in [6, 6.07) is 2.30. The first-order valence-corrected chi connectivity index (χ1v) is 4.69. The maximum absolute atomic E-state index is 11.6. The van der Waals surface area contributed by atoms with Crippen molar-refractivity contribution >= 4 is 11.8 Å². The number of ether oxygens (including phenoxy) is 2. The molecule has 17 heavy (non-hydrogen) atoms. The van der Waals surface area contributed by atoms with Gasteiger partial charge in [-0.3, -0.25) is 9.59 Å². The predicted molar refractivity (Wildman–Crippen MR) is 57.3 cm³/mol. The van der Waals surface area contributed by atoms with E-state index in [0.29, 0.717) is 0 Å². The lowest BCUT2D eigenvalue weighted by molar-refractivity contribution is -0.139. The lowest BCUT2D eigenvalue weighted by Crippen LogP contribution is -2.09. The monoisotopic (exact) mass is 240 g/mol. The highest BCUT2D eigenvalue weighted by atomic mass is 16.5. The van der Waals surface area contributed by atoms with Gasteiger partial charge in [0.2, 0.25) is 5.75 Å². The Hall–Kier alpha value is -2.24. The van der Waals surface area contributed by atoms with Crippen LogP contribution in [0.1, 0.15) is 16.8 Å². The van der Waals surface area contributed by atoms with Crippen LogP contribution in [0.4, 0.5) is 0 Å². The summed E-state index contributed by atoms with van der Waals surface area (Å²) in [5.74, 6) is -2.20. The number of carbonyl (C=O) groups excluding carboxylic acids is 2. The minimum Gasteiger partial charge on any atom is -0.504 e. The number of phenolic OH excluding ortho intramolecular Hbond substituents is 2. The fourth-order valence-electron chi connectivity index (χ4n) is 1.22. The summed E-state index contributed by atoms with van der Waals surface area (Å²) >= 11 is 0. The molecule has 0 aromatic heterocycles. The highest BCUT2D eigenvalue weighted by molar-refractivity contribution is 6.06. The molecule has 2 N–H and O–H groups in total. The Morgan fingerprint density at radius 1 is 1.24 bits per heavy atom. The highest BCUT2D eigenvalue weighted by Crippen LogP contribution is 2.36. The van der Waals surface area contributed by atoms with Crippen LogP contribution in [0.25, 0.3) is 0 Å². The number of rotatable bonds is 4.